The molecule has 4 aromatic rings. The molecule has 1 aromatic heterocycles. The molecular formula is C57H73N6O22P3S. The van der Waals surface area contributed by atoms with Gasteiger partial charge in [0.25, 0.3) is 11.2 Å². The Bertz CT molecular complexity index is 3970. The van der Waals surface area contributed by atoms with Gasteiger partial charge >= 0.3 is 29.2 Å². The molecule has 7 N–H and O–H groups in total. The molecule has 0 bridgehead atoms. The number of fused-ring (bicyclic) bond motifs is 2. The van der Waals surface area contributed by atoms with Crippen LogP contribution in [0.25, 0.3) is 0 Å². The average Bonchev–Trinajstić information content (AvgIpc) is 1.79. The van der Waals surface area contributed by atoms with E-state index in [1.54, 1.807) is 26.8 Å². The Balaban J connectivity index is 0.983. The van der Waals surface area contributed by atoms with Crippen molar-refractivity contribution in [1.82, 2.24) is 14.9 Å². The number of anilines is 1. The van der Waals surface area contributed by atoms with Crippen LogP contribution < -0.4 is 26.2 Å². The number of aromatic amines is 1. The zero-order valence-corrected chi connectivity index (χ0v) is 54.0. The van der Waals surface area contributed by atoms with Crippen LogP contribution in [-0.2, 0) is 68.7 Å². The largest absolute Gasteiger partial charge is 0.744 e. The Morgan fingerprint density at radius 3 is 2.35 bits per heavy atom. The second kappa shape index (κ2) is 27.3. The van der Waals surface area contributed by atoms with Gasteiger partial charge in [-0.3, -0.25) is 33.8 Å². The first-order valence-corrected chi connectivity index (χ1v) is 33.9. The van der Waals surface area contributed by atoms with E-state index in [0.717, 1.165) is 40.1 Å². The number of H-pyrrole nitrogens is 1. The number of allylic oxidation sites excluding steroid dienone is 4. The van der Waals surface area contributed by atoms with Gasteiger partial charge in [-0.2, -0.15) is 13.2 Å². The van der Waals surface area contributed by atoms with Gasteiger partial charge in [-0.1, -0.05) is 70.2 Å². The van der Waals surface area contributed by atoms with Gasteiger partial charge in [-0.05, 0) is 81.9 Å². The highest BCUT2D eigenvalue weighted by Crippen LogP contribution is 2.66. The van der Waals surface area contributed by atoms with Crippen LogP contribution >= 0.6 is 23.5 Å². The quantitative estimate of drug-likeness (QED) is 0.00649. The smallest absolute Gasteiger partial charge is 0.490 e. The number of ether oxygens (including phenoxy) is 3. The summed E-state index contributed by atoms with van der Waals surface area (Å²) < 4.78 is 104. The standard InChI is InChI=1S/C57H73N6O22P3S/c1-11-60-42-23-21-35(2)27-40(42)56(6,7)48(60)18-15-19-49-57(8,9)41-29-38(89(77,78)79)22-24-43(41)61(49)26-14-12-13-20-50(65)58-25-16-17-36-28-44(63(68)69)39(30-46(36)80-10)52(55(3,4)5)81-33-37-32-62(54(67)59-53(37)66)51-31-45(64)47(83-51)34-82-87(73,74)85-88(75,76)84-86(70,71)72/h15,18-19,21-24,27-30,32,45,47,51-52,64H,11-14,20,25-26,31,33-34H2,1-10H3,(H6-,58,59,65,66,67,70,71,72,73,74,75,76,77,78,79)/t45?,47-,51-,52-/m1/s1. The molecule has 1 fully saturated rings. The van der Waals surface area contributed by atoms with Crippen LogP contribution in [0, 0.1) is 34.3 Å². The fraction of sp³-hybridized carbons (Fsp3) is 0.474. The predicted octanol–water partition coefficient (Wildman–Crippen LogP) is 7.32. The van der Waals surface area contributed by atoms with Crippen LogP contribution in [0.4, 0.5) is 17.1 Å². The second-order valence-electron chi connectivity index (χ2n) is 23.6. The Kier molecular flexibility index (Phi) is 21.5. The minimum Gasteiger partial charge on any atom is -0.744 e. The van der Waals surface area contributed by atoms with E-state index in [9.17, 15) is 66.1 Å². The number of nitro benzene ring substituents is 1. The van der Waals surface area contributed by atoms with Crippen LogP contribution in [0.3, 0.4) is 0 Å². The number of phosphoric acid groups is 3. The van der Waals surface area contributed by atoms with E-state index in [1.165, 1.54) is 42.5 Å². The number of phosphoric ester groups is 1. The number of hydrogen-bond acceptors (Lipinski definition) is 19. The van der Waals surface area contributed by atoms with E-state index in [2.05, 4.69) is 96.7 Å². The molecule has 28 nitrogen and oxygen atoms in total. The summed E-state index contributed by atoms with van der Waals surface area (Å²) in [4.78, 5) is 92.2. The number of carbonyl (C=O) groups is 1. The predicted molar refractivity (Wildman–Crippen MR) is 322 cm³/mol. The molecule has 0 saturated carbocycles. The molecule has 7 rings (SSSR count). The first-order valence-electron chi connectivity index (χ1n) is 28.0. The Labute approximate surface area is 513 Å². The Morgan fingerprint density at radius 2 is 1.71 bits per heavy atom. The van der Waals surface area contributed by atoms with E-state index < -0.39 is 104 Å². The fourth-order valence-electron chi connectivity index (χ4n) is 11.1. The number of methoxy groups -OCH3 is 1. The van der Waals surface area contributed by atoms with E-state index in [0.29, 0.717) is 31.4 Å². The van der Waals surface area contributed by atoms with Crippen molar-refractivity contribution < 1.29 is 93.0 Å². The summed E-state index contributed by atoms with van der Waals surface area (Å²) in [6, 6.07) is 13.5. The zero-order valence-electron chi connectivity index (χ0n) is 50.5. The maximum Gasteiger partial charge on any atom is 0.490 e. The van der Waals surface area contributed by atoms with Crippen molar-refractivity contribution in [3.63, 3.8) is 0 Å². The molecule has 6 atom stereocenters. The number of nitrogens with one attached hydrogen (secondary N) is 2. The SMILES string of the molecule is CCN1C(=CC=CC2=[N+](CCCCCC(=O)NCC#Cc3cc([N+](=O)[O-])c([C@@H](OCc4cn([C@H]5CC(O)[C@@H](COP(=O)(O)OP(=O)(O)OP(=O)(O)O)O5)c(=O)[nH]c4=O)C(C)(C)C)cc3OC)c3ccc(S(=O)(=O)[O-])cc3C2(C)C)C(C)(C)c2cc(C)ccc21. The maximum absolute atomic E-state index is 13.1. The van der Waals surface area contributed by atoms with Crippen LogP contribution in [0.2, 0.25) is 0 Å². The third kappa shape index (κ3) is 16.8. The van der Waals surface area contributed by atoms with Gasteiger partial charge in [-0.25, -0.2) is 26.9 Å². The van der Waals surface area contributed by atoms with Gasteiger partial charge in [0.15, 0.2) is 5.71 Å². The number of aryl methyl sites for hydroxylation is 1. The van der Waals surface area contributed by atoms with Crippen molar-refractivity contribution in [3.8, 4) is 17.6 Å². The van der Waals surface area contributed by atoms with Crippen molar-refractivity contribution in [2.24, 2.45) is 5.41 Å². The summed E-state index contributed by atoms with van der Waals surface area (Å²) in [5.41, 5.74) is 2.84. The molecule has 89 heavy (non-hydrogen) atoms. The topological polar surface area (TPSA) is 398 Å². The van der Waals surface area contributed by atoms with Crippen LogP contribution in [-0.4, -0.2) is 114 Å². The molecule has 1 saturated heterocycles. The number of aromatic nitrogens is 2. The number of nitro groups is 1. The summed E-state index contributed by atoms with van der Waals surface area (Å²) in [6.07, 6.45) is 3.29. The van der Waals surface area contributed by atoms with Gasteiger partial charge in [-0.15, -0.1) is 0 Å². The van der Waals surface area contributed by atoms with Crippen LogP contribution in [0.15, 0.2) is 93.1 Å². The number of carbonyl (C=O) groups excluding carboxylic acids is 1. The minimum atomic E-state index is -5.85. The Hall–Kier alpha value is -6.28. The third-order valence-corrected chi connectivity index (χ3v) is 19.9. The van der Waals surface area contributed by atoms with Crippen molar-refractivity contribution in [2.45, 2.75) is 141 Å². The lowest BCUT2D eigenvalue weighted by molar-refractivity contribution is -0.438. The molecule has 3 unspecified atom stereocenters. The molecule has 3 aromatic carbocycles. The lowest BCUT2D eigenvalue weighted by Crippen LogP contribution is -2.35. The normalized spacial score (nSPS) is 20.2. The number of hydrogen-bond donors (Lipinski definition) is 7. The van der Waals surface area contributed by atoms with Gasteiger partial charge in [0.1, 0.15) is 34.7 Å². The number of nitrogens with zero attached hydrogens (tertiary/aromatic N) is 4. The molecule has 0 radical (unpaired) electrons. The molecule has 0 aliphatic carbocycles. The first-order chi connectivity index (χ1) is 41.3. The van der Waals surface area contributed by atoms with E-state index in [4.69, 9.17) is 24.0 Å². The summed E-state index contributed by atoms with van der Waals surface area (Å²) >= 11 is 0. The van der Waals surface area contributed by atoms with Crippen molar-refractivity contribution in [2.75, 3.05) is 38.3 Å². The minimum absolute atomic E-state index is 0.0299. The van der Waals surface area contributed by atoms with E-state index >= 15 is 0 Å². The summed E-state index contributed by atoms with van der Waals surface area (Å²) in [6.45, 7) is 17.3. The van der Waals surface area contributed by atoms with Gasteiger partial charge in [0.2, 0.25) is 11.6 Å². The number of rotatable bonds is 25. The molecule has 1 amide bonds. The zero-order chi connectivity index (χ0) is 66.0. The van der Waals surface area contributed by atoms with Gasteiger partial charge in [0.05, 0.1) is 71.0 Å². The monoisotopic (exact) mass is 1320 g/mol. The molecule has 3 aliphatic heterocycles. The number of amides is 1. The average molecular weight is 1320 g/mol. The lowest BCUT2D eigenvalue weighted by Gasteiger charge is -2.31. The molecule has 32 heteroatoms. The molecule has 484 valence electrons. The second-order valence-corrected chi connectivity index (χ2v) is 29.3. The number of unbranched alkanes of at least 4 members (excludes halogenated alkanes) is 2. The van der Waals surface area contributed by atoms with Crippen molar-refractivity contribution >= 4 is 62.3 Å². The number of likely N-dealkylation sites (N-methyl/N-ethyl adjacent to an activating group) is 1. The molecule has 3 aliphatic rings. The Morgan fingerprint density at radius 1 is 1.00 bits per heavy atom. The number of aliphatic hydroxyl groups excluding tert-OH is 1. The number of aliphatic hydroxyl groups is 1. The molecule has 0 spiro atoms. The highest BCUT2D eigenvalue weighted by molar-refractivity contribution is 7.85. The third-order valence-electron chi connectivity index (χ3n) is 15.3. The highest BCUT2D eigenvalue weighted by Gasteiger charge is 2.46. The maximum atomic E-state index is 13.1. The van der Waals surface area contributed by atoms with Gasteiger partial charge < -0.3 is 53.7 Å². The van der Waals surface area contributed by atoms with Crippen molar-refractivity contribution in [1.29, 1.82) is 0 Å². The molecule has 4 heterocycles. The van der Waals surface area contributed by atoms with E-state index in [1.807, 2.05) is 26.0 Å². The molecular weight excluding hydrogens is 1250 g/mol. The summed E-state index contributed by atoms with van der Waals surface area (Å²) in [5, 5.41) is 26.1. The van der Waals surface area contributed by atoms with E-state index in [-0.39, 0.29) is 58.0 Å². The first kappa shape index (κ1) is 70.2. The van der Waals surface area contributed by atoms with Gasteiger partial charge in [0, 0.05) is 72.6 Å². The van der Waals surface area contributed by atoms with Crippen LogP contribution in [0.1, 0.15) is 133 Å². The summed E-state index contributed by atoms with van der Waals surface area (Å²) in [5.74, 6) is 5.49. The van der Waals surface area contributed by atoms with Crippen LogP contribution in [0.5, 0.6) is 5.75 Å². The number of benzene rings is 3. The highest BCUT2D eigenvalue weighted by atomic mass is 32.2. The summed E-state index contributed by atoms with van der Waals surface area (Å²) in [7, 11) is -20.5. The lowest BCUT2D eigenvalue weighted by atomic mass is 9.81. The fourth-order valence-corrected chi connectivity index (χ4v) is 14.6. The van der Waals surface area contributed by atoms with Crippen molar-refractivity contribution in [3.05, 3.63) is 143 Å².